The molecule has 7 heteroatoms. The zero-order valence-corrected chi connectivity index (χ0v) is 12.4. The molecule has 0 radical (unpaired) electrons. The van der Waals surface area contributed by atoms with E-state index < -0.39 is 0 Å². The van der Waals surface area contributed by atoms with Crippen LogP contribution in [0.3, 0.4) is 0 Å². The Morgan fingerprint density at radius 3 is 3.00 bits per heavy atom. The molecule has 1 fully saturated rings. The topological polar surface area (TPSA) is 80.0 Å². The van der Waals surface area contributed by atoms with Crippen LogP contribution in [0.5, 0.6) is 0 Å². The van der Waals surface area contributed by atoms with Gasteiger partial charge < -0.3 is 15.2 Å². The second kappa shape index (κ2) is 6.69. The molecule has 112 valence electrons. The normalized spacial score (nSPS) is 17.3. The van der Waals surface area contributed by atoms with Gasteiger partial charge in [-0.3, -0.25) is 4.79 Å². The molecule has 6 nitrogen and oxygen atoms in total. The second-order valence-electron chi connectivity index (χ2n) is 4.86. The molecule has 1 aromatic carbocycles. The van der Waals surface area contributed by atoms with Crippen molar-refractivity contribution in [1.29, 1.82) is 0 Å². The highest BCUT2D eigenvalue weighted by atomic mass is 35.5. The van der Waals surface area contributed by atoms with Gasteiger partial charge in [0.25, 0.3) is 0 Å². The van der Waals surface area contributed by atoms with Gasteiger partial charge in [0.1, 0.15) is 0 Å². The number of carbonyl (C=O) groups excluding carboxylic acids is 1. The summed E-state index contributed by atoms with van der Waals surface area (Å²) >= 11 is 0. The van der Waals surface area contributed by atoms with Crippen LogP contribution in [0.1, 0.15) is 18.7 Å². The van der Waals surface area contributed by atoms with Gasteiger partial charge in [0.05, 0.1) is 6.04 Å². The van der Waals surface area contributed by atoms with Gasteiger partial charge in [0.2, 0.25) is 17.6 Å². The molecule has 1 aromatic heterocycles. The van der Waals surface area contributed by atoms with E-state index in [2.05, 4.69) is 20.8 Å². The molecular weight excluding hydrogens is 292 g/mol. The van der Waals surface area contributed by atoms with E-state index >= 15 is 0 Å². The lowest BCUT2D eigenvalue weighted by molar-refractivity contribution is -0.117. The number of aromatic nitrogens is 2. The third-order valence-corrected chi connectivity index (χ3v) is 3.29. The van der Waals surface area contributed by atoms with E-state index in [4.69, 9.17) is 4.52 Å². The number of aryl methyl sites for hydroxylation is 1. The van der Waals surface area contributed by atoms with Crippen molar-refractivity contribution in [2.45, 2.75) is 25.8 Å². The van der Waals surface area contributed by atoms with E-state index in [-0.39, 0.29) is 24.4 Å². The molecule has 0 saturated carbocycles. The first kappa shape index (κ1) is 15.5. The molecule has 1 atom stereocenters. The summed E-state index contributed by atoms with van der Waals surface area (Å²) in [6.07, 6.45) is 1.93. The number of amides is 1. The van der Waals surface area contributed by atoms with Crippen LogP contribution >= 0.6 is 12.4 Å². The summed E-state index contributed by atoms with van der Waals surface area (Å²) in [5.41, 5.74) is 1.56. The number of hydrogen-bond acceptors (Lipinski definition) is 5. The highest BCUT2D eigenvalue weighted by Gasteiger charge is 2.21. The molecule has 1 unspecified atom stereocenters. The summed E-state index contributed by atoms with van der Waals surface area (Å²) in [6.45, 7) is 2.65. The average molecular weight is 309 g/mol. The van der Waals surface area contributed by atoms with E-state index in [1.165, 1.54) is 0 Å². The van der Waals surface area contributed by atoms with Gasteiger partial charge in [-0.1, -0.05) is 17.3 Å². The predicted octanol–water partition coefficient (Wildman–Crippen LogP) is 2.16. The van der Waals surface area contributed by atoms with Crippen molar-refractivity contribution in [2.24, 2.45) is 0 Å². The van der Waals surface area contributed by atoms with E-state index in [1.54, 1.807) is 6.92 Å². The molecule has 0 aliphatic carbocycles. The maximum Gasteiger partial charge on any atom is 0.241 e. The molecular formula is C14H17ClN4O2. The van der Waals surface area contributed by atoms with Gasteiger partial charge >= 0.3 is 0 Å². The molecule has 3 rings (SSSR count). The number of nitrogens with one attached hydrogen (secondary N) is 2. The SMILES string of the molecule is Cc1nc(-c2cccc(NC(=O)C3CCCN3)c2)no1.Cl. The number of anilines is 1. The molecule has 2 N–H and O–H groups in total. The van der Waals surface area contributed by atoms with Gasteiger partial charge in [-0.05, 0) is 31.5 Å². The van der Waals surface area contributed by atoms with Gasteiger partial charge in [-0.15, -0.1) is 12.4 Å². The lowest BCUT2D eigenvalue weighted by Gasteiger charge is -2.11. The van der Waals surface area contributed by atoms with E-state index in [0.717, 1.165) is 30.6 Å². The largest absolute Gasteiger partial charge is 0.339 e. The molecule has 1 amide bonds. The summed E-state index contributed by atoms with van der Waals surface area (Å²) in [5, 5.41) is 9.96. The van der Waals surface area contributed by atoms with Crippen LogP contribution in [0, 0.1) is 6.92 Å². The Kier molecular flexibility index (Phi) is 4.93. The zero-order chi connectivity index (χ0) is 13.9. The summed E-state index contributed by atoms with van der Waals surface area (Å²) in [6, 6.07) is 7.35. The number of halogens is 1. The number of hydrogen-bond donors (Lipinski definition) is 2. The van der Waals surface area contributed by atoms with Crippen LogP contribution in [-0.4, -0.2) is 28.6 Å². The lowest BCUT2D eigenvalue weighted by Crippen LogP contribution is -2.35. The van der Waals surface area contributed by atoms with Crippen molar-refractivity contribution in [3.8, 4) is 11.4 Å². The molecule has 21 heavy (non-hydrogen) atoms. The number of carbonyl (C=O) groups is 1. The van der Waals surface area contributed by atoms with Crippen LogP contribution in [-0.2, 0) is 4.79 Å². The summed E-state index contributed by atoms with van der Waals surface area (Å²) in [4.78, 5) is 16.2. The number of benzene rings is 1. The number of rotatable bonds is 3. The average Bonchev–Trinajstić information content (AvgIpc) is 3.10. The van der Waals surface area contributed by atoms with Crippen molar-refractivity contribution in [3.05, 3.63) is 30.2 Å². The van der Waals surface area contributed by atoms with Crippen molar-refractivity contribution >= 4 is 24.0 Å². The fourth-order valence-electron chi connectivity index (χ4n) is 2.29. The first-order valence-corrected chi connectivity index (χ1v) is 6.67. The molecule has 1 aliphatic heterocycles. The second-order valence-corrected chi connectivity index (χ2v) is 4.86. The molecule has 1 aliphatic rings. The Balaban J connectivity index is 0.00000161. The zero-order valence-electron chi connectivity index (χ0n) is 11.6. The minimum absolute atomic E-state index is 0. The molecule has 0 bridgehead atoms. The molecule has 2 aromatic rings. The fourth-order valence-corrected chi connectivity index (χ4v) is 2.29. The van der Waals surface area contributed by atoms with Crippen LogP contribution < -0.4 is 10.6 Å². The van der Waals surface area contributed by atoms with Crippen molar-refractivity contribution < 1.29 is 9.32 Å². The molecule has 1 saturated heterocycles. The smallest absolute Gasteiger partial charge is 0.241 e. The van der Waals surface area contributed by atoms with E-state index in [9.17, 15) is 4.79 Å². The Morgan fingerprint density at radius 2 is 2.33 bits per heavy atom. The first-order valence-electron chi connectivity index (χ1n) is 6.67. The lowest BCUT2D eigenvalue weighted by atomic mass is 10.1. The first-order chi connectivity index (χ1) is 9.72. The van der Waals surface area contributed by atoms with Crippen molar-refractivity contribution in [3.63, 3.8) is 0 Å². The van der Waals surface area contributed by atoms with Crippen LogP contribution in [0.25, 0.3) is 11.4 Å². The molecule has 2 heterocycles. The van der Waals surface area contributed by atoms with Gasteiger partial charge in [-0.25, -0.2) is 0 Å². The highest BCUT2D eigenvalue weighted by molar-refractivity contribution is 5.95. The minimum atomic E-state index is -0.0916. The van der Waals surface area contributed by atoms with Crippen molar-refractivity contribution in [1.82, 2.24) is 15.5 Å². The summed E-state index contributed by atoms with van der Waals surface area (Å²) in [5.74, 6) is 1.05. The maximum atomic E-state index is 12.0. The van der Waals surface area contributed by atoms with Gasteiger partial charge in [-0.2, -0.15) is 4.98 Å². The molecule has 0 spiro atoms. The van der Waals surface area contributed by atoms with E-state index in [0.29, 0.717) is 11.7 Å². The van der Waals surface area contributed by atoms with E-state index in [1.807, 2.05) is 24.3 Å². The van der Waals surface area contributed by atoms with Gasteiger partial charge in [0.15, 0.2) is 0 Å². The Morgan fingerprint density at radius 1 is 1.48 bits per heavy atom. The fraction of sp³-hybridized carbons (Fsp3) is 0.357. The summed E-state index contributed by atoms with van der Waals surface area (Å²) in [7, 11) is 0. The monoisotopic (exact) mass is 308 g/mol. The highest BCUT2D eigenvalue weighted by Crippen LogP contribution is 2.20. The standard InChI is InChI=1S/C14H16N4O2.ClH/c1-9-16-13(18-20-9)10-4-2-5-11(8-10)17-14(19)12-6-3-7-15-12;/h2,4-5,8,12,15H,3,6-7H2,1H3,(H,17,19);1H. The maximum absolute atomic E-state index is 12.0. The van der Waals surface area contributed by atoms with Crippen LogP contribution in [0.15, 0.2) is 28.8 Å². The Hall–Kier alpha value is -1.92. The van der Waals surface area contributed by atoms with Gasteiger partial charge in [0, 0.05) is 18.2 Å². The van der Waals surface area contributed by atoms with Crippen molar-refractivity contribution in [2.75, 3.05) is 11.9 Å². The summed E-state index contributed by atoms with van der Waals surface area (Å²) < 4.78 is 4.96. The van der Waals surface area contributed by atoms with Crippen LogP contribution in [0.4, 0.5) is 5.69 Å². The quantitative estimate of drug-likeness (QED) is 0.908. The number of nitrogens with zero attached hydrogens (tertiary/aromatic N) is 2. The minimum Gasteiger partial charge on any atom is -0.339 e. The third-order valence-electron chi connectivity index (χ3n) is 3.29. The van der Waals surface area contributed by atoms with Crippen LogP contribution in [0.2, 0.25) is 0 Å². The predicted molar refractivity (Wildman–Crippen MR) is 81.4 cm³/mol. The Bertz CT molecular complexity index is 623. The third kappa shape index (κ3) is 3.59. The Labute approximate surface area is 128 Å².